The van der Waals surface area contributed by atoms with Crippen LogP contribution in [0.3, 0.4) is 0 Å². The first kappa shape index (κ1) is 81.5. The van der Waals surface area contributed by atoms with Crippen LogP contribution in [0.25, 0.3) is 0 Å². The van der Waals surface area contributed by atoms with Gasteiger partial charge in [-0.05, 0) is 57.3 Å². The molecule has 17 nitrogen and oxygen atoms in total. The van der Waals surface area contributed by atoms with E-state index >= 15 is 0 Å². The molecule has 0 aromatic rings. The number of phosphoric acid groups is 2. The molecule has 84 heavy (non-hydrogen) atoms. The monoisotopic (exact) mass is 1240 g/mol. The Bertz CT molecular complexity index is 1730. The fraction of sp³-hybridized carbons (Fsp3) is 0.877. The zero-order valence-corrected chi connectivity index (χ0v) is 55.3. The topological polar surface area (TPSA) is 237 Å². The second kappa shape index (κ2) is 58.2. The number of phosphoric ester groups is 2. The highest BCUT2D eigenvalue weighted by atomic mass is 31.2. The molecule has 0 aliphatic rings. The van der Waals surface area contributed by atoms with Gasteiger partial charge < -0.3 is 33.8 Å². The Labute approximate surface area is 510 Å². The summed E-state index contributed by atoms with van der Waals surface area (Å²) < 4.78 is 67.8. The first-order valence-electron chi connectivity index (χ1n) is 33.5. The van der Waals surface area contributed by atoms with E-state index in [1.165, 1.54) is 109 Å². The minimum atomic E-state index is -4.95. The van der Waals surface area contributed by atoms with Crippen molar-refractivity contribution >= 4 is 39.5 Å². The van der Waals surface area contributed by atoms with Gasteiger partial charge in [0.1, 0.15) is 19.3 Å². The Kier molecular flexibility index (Phi) is 56.5. The largest absolute Gasteiger partial charge is 0.472 e. The van der Waals surface area contributed by atoms with Gasteiger partial charge in [0, 0.05) is 25.7 Å². The van der Waals surface area contributed by atoms with Gasteiger partial charge in [-0.25, -0.2) is 9.13 Å². The molecule has 0 spiro atoms. The Morgan fingerprint density at radius 2 is 0.667 bits per heavy atom. The number of unbranched alkanes of at least 4 members (excludes halogenated alkanes) is 31. The van der Waals surface area contributed by atoms with Gasteiger partial charge in [-0.2, -0.15) is 0 Å². The summed E-state index contributed by atoms with van der Waals surface area (Å²) in [6.45, 7) is 7.05. The van der Waals surface area contributed by atoms with Crippen molar-refractivity contribution in [2.75, 3.05) is 39.6 Å². The number of aliphatic hydroxyl groups is 1. The molecule has 0 bridgehead atoms. The van der Waals surface area contributed by atoms with E-state index in [9.17, 15) is 43.2 Å². The molecule has 494 valence electrons. The minimum Gasteiger partial charge on any atom is -0.462 e. The second-order valence-corrected chi connectivity index (χ2v) is 26.0. The van der Waals surface area contributed by atoms with Crippen molar-refractivity contribution in [2.24, 2.45) is 5.92 Å². The van der Waals surface area contributed by atoms with Gasteiger partial charge in [0.05, 0.1) is 26.4 Å². The van der Waals surface area contributed by atoms with Crippen molar-refractivity contribution in [3.05, 3.63) is 24.3 Å². The maximum Gasteiger partial charge on any atom is 0.472 e. The number of carbonyl (C=O) groups excluding carboxylic acids is 4. The van der Waals surface area contributed by atoms with Crippen molar-refractivity contribution in [2.45, 2.75) is 323 Å². The number of rotatable bonds is 63. The van der Waals surface area contributed by atoms with Crippen LogP contribution in [0, 0.1) is 5.92 Å². The molecule has 0 amide bonds. The molecular formula is C65H122O17P2. The van der Waals surface area contributed by atoms with Crippen LogP contribution in [-0.4, -0.2) is 96.7 Å². The van der Waals surface area contributed by atoms with E-state index in [0.29, 0.717) is 25.7 Å². The third-order valence-corrected chi connectivity index (χ3v) is 16.7. The molecule has 0 rings (SSSR count). The van der Waals surface area contributed by atoms with Gasteiger partial charge in [0.25, 0.3) is 0 Å². The lowest BCUT2D eigenvalue weighted by Gasteiger charge is -2.21. The van der Waals surface area contributed by atoms with E-state index in [1.807, 2.05) is 0 Å². The normalized spacial score (nSPS) is 14.7. The van der Waals surface area contributed by atoms with Crippen LogP contribution < -0.4 is 0 Å². The number of allylic oxidation sites excluding steroid dienone is 4. The molecule has 3 N–H and O–H groups in total. The van der Waals surface area contributed by atoms with Crippen molar-refractivity contribution in [1.82, 2.24) is 0 Å². The molecule has 0 aliphatic heterocycles. The average Bonchev–Trinajstić information content (AvgIpc) is 3.50. The average molecular weight is 1240 g/mol. The van der Waals surface area contributed by atoms with Gasteiger partial charge in [-0.3, -0.25) is 37.3 Å². The lowest BCUT2D eigenvalue weighted by Crippen LogP contribution is -2.30. The first-order chi connectivity index (χ1) is 40.6. The lowest BCUT2D eigenvalue weighted by molar-refractivity contribution is -0.161. The molecule has 0 aromatic heterocycles. The number of ether oxygens (including phenoxy) is 4. The van der Waals surface area contributed by atoms with Crippen molar-refractivity contribution < 1.29 is 80.2 Å². The zero-order chi connectivity index (χ0) is 62.0. The van der Waals surface area contributed by atoms with E-state index in [2.05, 4.69) is 58.9 Å². The highest BCUT2D eigenvalue weighted by molar-refractivity contribution is 7.47. The van der Waals surface area contributed by atoms with Crippen molar-refractivity contribution in [3.63, 3.8) is 0 Å². The van der Waals surface area contributed by atoms with Crippen LogP contribution in [0.15, 0.2) is 24.3 Å². The van der Waals surface area contributed by atoms with Gasteiger partial charge in [-0.1, -0.05) is 252 Å². The van der Waals surface area contributed by atoms with Crippen molar-refractivity contribution in [3.8, 4) is 0 Å². The van der Waals surface area contributed by atoms with Crippen LogP contribution in [0.5, 0.6) is 0 Å². The Hall–Kier alpha value is -2.46. The number of hydrogen-bond donors (Lipinski definition) is 3. The maximum atomic E-state index is 13.0. The summed E-state index contributed by atoms with van der Waals surface area (Å²) in [5, 5.41) is 10.5. The van der Waals surface area contributed by atoms with Crippen LogP contribution in [0.4, 0.5) is 0 Å². The Balaban J connectivity index is 5.22. The quantitative estimate of drug-likeness (QED) is 0.0169. The number of hydrogen-bond acceptors (Lipinski definition) is 15. The number of carbonyl (C=O) groups is 4. The van der Waals surface area contributed by atoms with Crippen LogP contribution >= 0.6 is 15.6 Å². The lowest BCUT2D eigenvalue weighted by atomic mass is 9.99. The zero-order valence-electron chi connectivity index (χ0n) is 53.5. The molecule has 19 heteroatoms. The van der Waals surface area contributed by atoms with E-state index in [-0.39, 0.29) is 25.7 Å². The molecule has 0 saturated heterocycles. The molecule has 0 aromatic carbocycles. The van der Waals surface area contributed by atoms with E-state index < -0.39 is 97.5 Å². The predicted molar refractivity (Wildman–Crippen MR) is 335 cm³/mol. The summed E-state index contributed by atoms with van der Waals surface area (Å²) in [5.74, 6) is -1.40. The first-order valence-corrected chi connectivity index (χ1v) is 36.5. The molecule has 0 heterocycles. The van der Waals surface area contributed by atoms with E-state index in [1.54, 1.807) is 0 Å². The second-order valence-electron chi connectivity index (χ2n) is 23.1. The predicted octanol–water partition coefficient (Wildman–Crippen LogP) is 17.7. The fourth-order valence-electron chi connectivity index (χ4n) is 9.19. The van der Waals surface area contributed by atoms with Crippen molar-refractivity contribution in [1.29, 1.82) is 0 Å². The summed E-state index contributed by atoms with van der Waals surface area (Å²) in [7, 11) is -9.89. The maximum absolute atomic E-state index is 13.0. The SMILES string of the molecule is CCCCCC/C=C\C=C/CCCCCCCC(=O)O[C@H](COC(=O)CCCCCCCCCCC(C)CC)COP(=O)(O)OC[C@@H](O)COP(=O)(O)OC[C@@H](COC(=O)CCCCCCC)OC(=O)CCCCCCCCCCCCCC. The van der Waals surface area contributed by atoms with Gasteiger partial charge in [0.15, 0.2) is 12.2 Å². The highest BCUT2D eigenvalue weighted by Crippen LogP contribution is 2.45. The van der Waals surface area contributed by atoms with Crippen LogP contribution in [0.2, 0.25) is 0 Å². The molecular weight excluding hydrogens is 1110 g/mol. The Morgan fingerprint density at radius 1 is 0.381 bits per heavy atom. The molecule has 0 saturated carbocycles. The van der Waals surface area contributed by atoms with E-state index in [4.69, 9.17) is 37.0 Å². The summed E-state index contributed by atoms with van der Waals surface area (Å²) in [4.78, 5) is 72.0. The number of esters is 4. The summed E-state index contributed by atoms with van der Waals surface area (Å²) in [6.07, 6.45) is 45.5. The molecule has 6 atom stereocenters. The van der Waals surface area contributed by atoms with Crippen LogP contribution in [0.1, 0.15) is 304 Å². The molecule has 0 aliphatic carbocycles. The molecule has 0 fully saturated rings. The van der Waals surface area contributed by atoms with E-state index in [0.717, 1.165) is 115 Å². The highest BCUT2D eigenvalue weighted by Gasteiger charge is 2.30. The minimum absolute atomic E-state index is 0.0845. The van der Waals surface area contributed by atoms with Gasteiger partial charge in [-0.15, -0.1) is 0 Å². The molecule has 0 radical (unpaired) electrons. The summed E-state index contributed by atoms with van der Waals surface area (Å²) >= 11 is 0. The third-order valence-electron chi connectivity index (χ3n) is 14.8. The standard InChI is InChI=1S/C65H122O17P2/c1-6-10-13-16-18-20-22-24-25-26-28-30-36-41-46-51-65(70)82-61(55-76-63(68)49-44-39-34-32-31-33-38-42-47-58(5)9-4)57-80-84(73,74)78-53-59(66)52-77-83(71,72)79-56-60(54-75-62(67)48-43-37-15-12-8-3)81-64(69)50-45-40-35-29-27-23-21-19-17-14-11-7-2/h20,22,24-25,58-61,66H,6-19,21,23,26-57H2,1-5H3,(H,71,72)(H,73,74)/b22-20-,25-24-/t58?,59-,60+,61+/m0/s1. The smallest absolute Gasteiger partial charge is 0.462 e. The van der Waals surface area contributed by atoms with Crippen LogP contribution in [-0.2, 0) is 65.4 Å². The van der Waals surface area contributed by atoms with Gasteiger partial charge in [0.2, 0.25) is 0 Å². The number of aliphatic hydroxyl groups excluding tert-OH is 1. The summed E-state index contributed by atoms with van der Waals surface area (Å²) in [5.41, 5.74) is 0. The summed E-state index contributed by atoms with van der Waals surface area (Å²) in [6, 6.07) is 0. The Morgan fingerprint density at radius 3 is 1.01 bits per heavy atom. The third kappa shape index (κ3) is 57.3. The fourth-order valence-corrected chi connectivity index (χ4v) is 10.8. The van der Waals surface area contributed by atoms with Gasteiger partial charge >= 0.3 is 39.5 Å². The molecule has 3 unspecified atom stereocenters.